The average Bonchev–Trinajstić information content (AvgIpc) is 2.58. The highest BCUT2D eigenvalue weighted by Gasteiger charge is 2.14. The van der Waals surface area contributed by atoms with Crippen molar-refractivity contribution in [2.24, 2.45) is 4.99 Å². The summed E-state index contributed by atoms with van der Waals surface area (Å²) in [6.07, 6.45) is 3.16. The number of hydroxylamine groups is 3. The van der Waals surface area contributed by atoms with Crippen molar-refractivity contribution in [3.63, 3.8) is 0 Å². The Bertz CT molecular complexity index is 658. The summed E-state index contributed by atoms with van der Waals surface area (Å²) in [4.78, 5) is 15.6. The lowest BCUT2D eigenvalue weighted by Crippen LogP contribution is -2.44. The fraction of sp³-hybridized carbons (Fsp3) is 0.389. The number of rotatable bonds is 7. The standard InChI is InChI=1S/C18H24N4O2/c1-3-22(24,4-2)12-11-20-14-5-7-15(8-6-14)21-18-10-9-16(23)13-17(18)19/h5-10,19-20H,3-4,11-13H2,1-2H3. The molecule has 2 rings (SSSR count). The maximum absolute atomic E-state index is 12.2. The number of hydrogen-bond acceptors (Lipinski definition) is 5. The molecule has 0 amide bonds. The third-order valence-corrected chi connectivity index (χ3v) is 4.21. The molecule has 128 valence electrons. The molecule has 0 bridgehead atoms. The monoisotopic (exact) mass is 328 g/mol. The molecule has 0 unspecified atom stereocenters. The number of benzene rings is 1. The molecule has 0 heterocycles. The van der Waals surface area contributed by atoms with Crippen LogP contribution >= 0.6 is 0 Å². The topological polar surface area (TPSA) is 88.4 Å². The average molecular weight is 328 g/mol. The second-order valence-corrected chi connectivity index (χ2v) is 5.84. The fourth-order valence-corrected chi connectivity index (χ4v) is 2.44. The minimum absolute atomic E-state index is 0.0643. The zero-order valence-electron chi connectivity index (χ0n) is 14.2. The lowest BCUT2D eigenvalue weighted by Gasteiger charge is -2.41. The smallest absolute Gasteiger partial charge is 0.161 e. The van der Waals surface area contributed by atoms with E-state index in [0.29, 0.717) is 31.9 Å². The van der Waals surface area contributed by atoms with Crippen LogP contribution in [0.2, 0.25) is 0 Å². The van der Waals surface area contributed by atoms with Gasteiger partial charge < -0.3 is 20.6 Å². The number of carbonyl (C=O) groups is 1. The Morgan fingerprint density at radius 2 is 1.88 bits per heavy atom. The molecule has 0 aliphatic heterocycles. The predicted octanol–water partition coefficient (Wildman–Crippen LogP) is 3.07. The molecule has 24 heavy (non-hydrogen) atoms. The van der Waals surface area contributed by atoms with Gasteiger partial charge >= 0.3 is 0 Å². The number of likely N-dealkylation sites (N-methyl/N-ethyl adjacent to an activating group) is 1. The maximum Gasteiger partial charge on any atom is 0.161 e. The van der Waals surface area contributed by atoms with Gasteiger partial charge in [-0.2, -0.15) is 0 Å². The summed E-state index contributed by atoms with van der Waals surface area (Å²) in [5, 5.41) is 23.2. The van der Waals surface area contributed by atoms with Crippen LogP contribution in [0.3, 0.4) is 0 Å². The highest BCUT2D eigenvalue weighted by atomic mass is 16.5. The molecule has 0 atom stereocenters. The minimum atomic E-state index is -0.189. The van der Waals surface area contributed by atoms with E-state index in [2.05, 4.69) is 10.3 Å². The molecule has 0 saturated carbocycles. The van der Waals surface area contributed by atoms with Crippen LogP contribution < -0.4 is 5.32 Å². The fourth-order valence-electron chi connectivity index (χ4n) is 2.44. The summed E-state index contributed by atoms with van der Waals surface area (Å²) < 4.78 is -0.189. The Labute approximate surface area is 142 Å². The number of anilines is 1. The first-order valence-electron chi connectivity index (χ1n) is 8.24. The lowest BCUT2D eigenvalue weighted by molar-refractivity contribution is -0.875. The van der Waals surface area contributed by atoms with Crippen LogP contribution in [0.5, 0.6) is 0 Å². The maximum atomic E-state index is 12.2. The van der Waals surface area contributed by atoms with E-state index in [1.807, 2.05) is 38.1 Å². The third kappa shape index (κ3) is 4.84. The summed E-state index contributed by atoms with van der Waals surface area (Å²) in [6, 6.07) is 7.51. The zero-order valence-corrected chi connectivity index (χ0v) is 14.2. The van der Waals surface area contributed by atoms with Gasteiger partial charge in [0.15, 0.2) is 5.78 Å². The Hall–Kier alpha value is -2.31. The Kier molecular flexibility index (Phi) is 6.00. The number of quaternary nitrogens is 1. The van der Waals surface area contributed by atoms with Gasteiger partial charge in [-0.3, -0.25) is 4.79 Å². The molecular weight excluding hydrogens is 304 g/mol. The van der Waals surface area contributed by atoms with Gasteiger partial charge in [-0.05, 0) is 50.3 Å². The number of aliphatic imine (C=N–C) groups is 1. The number of hydrogen-bond donors (Lipinski definition) is 2. The van der Waals surface area contributed by atoms with E-state index in [1.165, 1.54) is 6.08 Å². The molecule has 2 N–H and O–H groups in total. The van der Waals surface area contributed by atoms with Crippen molar-refractivity contribution in [3.05, 3.63) is 41.6 Å². The summed E-state index contributed by atoms with van der Waals surface area (Å²) in [5.74, 6) is -0.0643. The summed E-state index contributed by atoms with van der Waals surface area (Å²) >= 11 is 0. The first-order chi connectivity index (χ1) is 11.5. The van der Waals surface area contributed by atoms with E-state index < -0.39 is 0 Å². The van der Waals surface area contributed by atoms with Gasteiger partial charge in [0, 0.05) is 5.69 Å². The molecule has 0 spiro atoms. The van der Waals surface area contributed by atoms with Crippen LogP contribution in [0.1, 0.15) is 20.3 Å². The predicted molar refractivity (Wildman–Crippen MR) is 98.1 cm³/mol. The van der Waals surface area contributed by atoms with Crippen LogP contribution in [-0.2, 0) is 4.79 Å². The van der Waals surface area contributed by atoms with Gasteiger partial charge in [0.05, 0.1) is 49.7 Å². The van der Waals surface area contributed by atoms with Crippen molar-refractivity contribution in [2.45, 2.75) is 20.3 Å². The van der Waals surface area contributed by atoms with Gasteiger partial charge in [0.25, 0.3) is 0 Å². The van der Waals surface area contributed by atoms with Crippen molar-refractivity contribution < 1.29 is 9.44 Å². The SMILES string of the molecule is CC[N+]([O-])(CC)CCNc1ccc(N=C2C=CC(=O)CC2=N)cc1. The molecule has 6 heteroatoms. The van der Waals surface area contributed by atoms with E-state index in [1.54, 1.807) is 6.08 Å². The number of nitrogens with zero attached hydrogens (tertiary/aromatic N) is 2. The van der Waals surface area contributed by atoms with E-state index in [9.17, 15) is 10.0 Å². The minimum Gasteiger partial charge on any atom is -0.633 e. The first-order valence-corrected chi connectivity index (χ1v) is 8.24. The lowest BCUT2D eigenvalue weighted by atomic mass is 10.0. The van der Waals surface area contributed by atoms with E-state index >= 15 is 0 Å². The van der Waals surface area contributed by atoms with Gasteiger partial charge in [0.2, 0.25) is 0 Å². The quantitative estimate of drug-likeness (QED) is 0.595. The molecule has 6 nitrogen and oxygen atoms in total. The molecule has 0 radical (unpaired) electrons. The van der Waals surface area contributed by atoms with Gasteiger partial charge in [-0.25, -0.2) is 4.99 Å². The van der Waals surface area contributed by atoms with E-state index in [-0.39, 0.29) is 22.6 Å². The molecule has 1 aromatic rings. The highest BCUT2D eigenvalue weighted by molar-refractivity contribution is 6.50. The highest BCUT2D eigenvalue weighted by Crippen LogP contribution is 2.18. The Balaban J connectivity index is 1.95. The molecule has 0 fully saturated rings. The first kappa shape index (κ1) is 18.0. The van der Waals surface area contributed by atoms with Gasteiger partial charge in [0.1, 0.15) is 0 Å². The van der Waals surface area contributed by atoms with Crippen molar-refractivity contribution in [3.8, 4) is 0 Å². The molecule has 1 aliphatic rings. The molecule has 1 aromatic carbocycles. The molecule has 0 saturated heterocycles. The van der Waals surface area contributed by atoms with Crippen LogP contribution in [0.25, 0.3) is 0 Å². The number of nitrogens with one attached hydrogen (secondary N) is 2. The van der Waals surface area contributed by atoms with Gasteiger partial charge in [-0.1, -0.05) is 0 Å². The summed E-state index contributed by atoms with van der Waals surface area (Å²) in [5.41, 5.74) is 2.43. The number of allylic oxidation sites excluding steroid dienone is 2. The van der Waals surface area contributed by atoms with E-state index in [0.717, 1.165) is 11.4 Å². The van der Waals surface area contributed by atoms with Crippen molar-refractivity contribution >= 4 is 28.6 Å². The molecule has 0 aromatic heterocycles. The summed E-state index contributed by atoms with van der Waals surface area (Å²) in [6.45, 7) is 6.14. The van der Waals surface area contributed by atoms with Crippen LogP contribution in [0, 0.1) is 10.6 Å². The largest absolute Gasteiger partial charge is 0.633 e. The summed E-state index contributed by atoms with van der Waals surface area (Å²) in [7, 11) is 0. The Morgan fingerprint density at radius 3 is 2.46 bits per heavy atom. The van der Waals surface area contributed by atoms with Crippen molar-refractivity contribution in [1.29, 1.82) is 5.41 Å². The third-order valence-electron chi connectivity index (χ3n) is 4.21. The van der Waals surface area contributed by atoms with Crippen molar-refractivity contribution in [1.82, 2.24) is 0 Å². The van der Waals surface area contributed by atoms with Crippen LogP contribution in [0.15, 0.2) is 41.4 Å². The van der Waals surface area contributed by atoms with Crippen molar-refractivity contribution in [2.75, 3.05) is 31.5 Å². The second kappa shape index (κ2) is 7.99. The Morgan fingerprint density at radius 1 is 1.21 bits per heavy atom. The van der Waals surface area contributed by atoms with Crippen LogP contribution in [0.4, 0.5) is 11.4 Å². The second-order valence-electron chi connectivity index (χ2n) is 5.84. The van der Waals surface area contributed by atoms with E-state index in [4.69, 9.17) is 5.41 Å². The van der Waals surface area contributed by atoms with Gasteiger partial charge in [-0.15, -0.1) is 0 Å². The number of ketones is 1. The normalized spacial score (nSPS) is 16.7. The van der Waals surface area contributed by atoms with Crippen LogP contribution in [-0.4, -0.2) is 48.0 Å². The zero-order chi connectivity index (χ0) is 17.6. The molecule has 1 aliphatic carbocycles. The molecular formula is C18H24N4O2. The number of carbonyl (C=O) groups excluding carboxylic acids is 1.